The van der Waals surface area contributed by atoms with Gasteiger partial charge in [-0.2, -0.15) is 0 Å². The van der Waals surface area contributed by atoms with Crippen LogP contribution in [0.3, 0.4) is 0 Å². The molecule has 0 N–H and O–H groups in total. The van der Waals surface area contributed by atoms with Crippen molar-refractivity contribution in [2.45, 2.75) is 51.3 Å². The van der Waals surface area contributed by atoms with E-state index >= 15 is 0 Å². The zero-order valence-corrected chi connectivity index (χ0v) is 8.40. The average molecular weight is 175 g/mol. The number of hydrogen-bond acceptors (Lipinski definition) is 0. The summed E-state index contributed by atoms with van der Waals surface area (Å²) in [6.07, 6.45) is 6.71. The molecule has 66 valence electrons. The molecule has 0 nitrogen and oxygen atoms in total. The van der Waals surface area contributed by atoms with Gasteiger partial charge in [0.25, 0.3) is 0 Å². The summed E-state index contributed by atoms with van der Waals surface area (Å²) in [4.78, 5) is 0. The Morgan fingerprint density at radius 2 is 2.09 bits per heavy atom. The highest BCUT2D eigenvalue weighted by molar-refractivity contribution is 6.20. The zero-order chi connectivity index (χ0) is 8.27. The second-order valence-electron chi connectivity index (χ2n) is 3.91. The van der Waals surface area contributed by atoms with Gasteiger partial charge in [0, 0.05) is 5.38 Å². The minimum absolute atomic E-state index is 0.422. The quantitative estimate of drug-likeness (QED) is 0.569. The first kappa shape index (κ1) is 9.38. The molecule has 0 saturated heterocycles. The van der Waals surface area contributed by atoms with Crippen molar-refractivity contribution in [3.8, 4) is 0 Å². The summed E-state index contributed by atoms with van der Waals surface area (Å²) in [5, 5.41) is 0.422. The summed E-state index contributed by atoms with van der Waals surface area (Å²) in [6.45, 7) is 4.53. The Labute approximate surface area is 75.3 Å². The lowest BCUT2D eigenvalue weighted by Crippen LogP contribution is -2.21. The Morgan fingerprint density at radius 3 is 2.45 bits per heavy atom. The van der Waals surface area contributed by atoms with E-state index < -0.39 is 0 Å². The molecule has 1 saturated carbocycles. The van der Waals surface area contributed by atoms with Crippen LogP contribution < -0.4 is 0 Å². The Bertz CT molecular complexity index is 107. The third kappa shape index (κ3) is 2.66. The van der Waals surface area contributed by atoms with Crippen LogP contribution in [0.15, 0.2) is 0 Å². The lowest BCUT2D eigenvalue weighted by Gasteiger charge is -2.32. The van der Waals surface area contributed by atoms with E-state index in [0.29, 0.717) is 5.38 Å². The molecular formula is C10H19Cl. The maximum atomic E-state index is 6.09. The smallest absolute Gasteiger partial charge is 0.0336 e. The van der Waals surface area contributed by atoms with Gasteiger partial charge in [-0.1, -0.05) is 33.1 Å². The van der Waals surface area contributed by atoms with E-state index in [4.69, 9.17) is 11.6 Å². The highest BCUT2D eigenvalue weighted by Crippen LogP contribution is 2.36. The lowest BCUT2D eigenvalue weighted by molar-refractivity contribution is 0.208. The van der Waals surface area contributed by atoms with Gasteiger partial charge in [-0.3, -0.25) is 0 Å². The highest BCUT2D eigenvalue weighted by Gasteiger charge is 2.24. The van der Waals surface area contributed by atoms with Gasteiger partial charge in [-0.15, -0.1) is 11.6 Å². The van der Waals surface area contributed by atoms with Crippen molar-refractivity contribution in [3.63, 3.8) is 0 Å². The Hall–Kier alpha value is 0.290. The molecule has 0 amide bonds. The van der Waals surface area contributed by atoms with Gasteiger partial charge in [0.05, 0.1) is 0 Å². The van der Waals surface area contributed by atoms with Crippen molar-refractivity contribution in [1.29, 1.82) is 0 Å². The lowest BCUT2D eigenvalue weighted by atomic mass is 9.75. The molecule has 1 fully saturated rings. The molecule has 0 radical (unpaired) electrons. The summed E-state index contributed by atoms with van der Waals surface area (Å²) in [7, 11) is 0. The van der Waals surface area contributed by atoms with Gasteiger partial charge in [0.2, 0.25) is 0 Å². The van der Waals surface area contributed by atoms with Crippen LogP contribution in [0.5, 0.6) is 0 Å². The molecule has 11 heavy (non-hydrogen) atoms. The van der Waals surface area contributed by atoms with E-state index in [9.17, 15) is 0 Å². The van der Waals surface area contributed by atoms with Crippen LogP contribution in [0, 0.1) is 11.8 Å². The van der Waals surface area contributed by atoms with Crippen LogP contribution >= 0.6 is 11.6 Å². The molecular weight excluding hydrogens is 156 g/mol. The van der Waals surface area contributed by atoms with E-state index in [1.807, 2.05) is 0 Å². The molecule has 0 aromatic carbocycles. The molecule has 2 atom stereocenters. The first-order chi connectivity index (χ1) is 5.24. The highest BCUT2D eigenvalue weighted by atomic mass is 35.5. The molecule has 0 aromatic rings. The van der Waals surface area contributed by atoms with Gasteiger partial charge in [0.15, 0.2) is 0 Å². The Morgan fingerprint density at radius 1 is 1.45 bits per heavy atom. The van der Waals surface area contributed by atoms with Gasteiger partial charge >= 0.3 is 0 Å². The molecule has 1 aliphatic carbocycles. The van der Waals surface area contributed by atoms with Crippen molar-refractivity contribution < 1.29 is 0 Å². The van der Waals surface area contributed by atoms with Crippen molar-refractivity contribution in [2.75, 3.05) is 0 Å². The van der Waals surface area contributed by atoms with E-state index in [-0.39, 0.29) is 0 Å². The summed E-state index contributed by atoms with van der Waals surface area (Å²) in [5.74, 6) is 1.87. The predicted octanol–water partition coefficient (Wildman–Crippen LogP) is 3.83. The van der Waals surface area contributed by atoms with Crippen LogP contribution in [0.1, 0.15) is 46.0 Å². The molecule has 2 unspecified atom stereocenters. The third-order valence-corrected chi connectivity index (χ3v) is 3.51. The minimum Gasteiger partial charge on any atom is -0.123 e. The molecule has 0 spiro atoms. The van der Waals surface area contributed by atoms with Crippen molar-refractivity contribution in [2.24, 2.45) is 11.8 Å². The van der Waals surface area contributed by atoms with Gasteiger partial charge in [0.1, 0.15) is 0 Å². The van der Waals surface area contributed by atoms with Gasteiger partial charge in [-0.05, 0) is 24.7 Å². The summed E-state index contributed by atoms with van der Waals surface area (Å²) in [5.41, 5.74) is 0. The molecule has 1 rings (SSSR count). The fourth-order valence-electron chi connectivity index (χ4n) is 1.77. The van der Waals surface area contributed by atoms with Gasteiger partial charge < -0.3 is 0 Å². The minimum atomic E-state index is 0.422. The molecule has 0 aromatic heterocycles. The number of halogens is 1. The maximum Gasteiger partial charge on any atom is 0.0336 e. The van der Waals surface area contributed by atoms with E-state index in [1.54, 1.807) is 0 Å². The largest absolute Gasteiger partial charge is 0.123 e. The first-order valence-electron chi connectivity index (χ1n) is 4.88. The van der Waals surface area contributed by atoms with E-state index in [1.165, 1.54) is 25.7 Å². The fraction of sp³-hybridized carbons (Fsp3) is 1.00. The van der Waals surface area contributed by atoms with Crippen LogP contribution in [-0.2, 0) is 0 Å². The average Bonchev–Trinajstić information content (AvgIpc) is 1.83. The van der Waals surface area contributed by atoms with E-state index in [2.05, 4.69) is 13.8 Å². The summed E-state index contributed by atoms with van der Waals surface area (Å²) in [6, 6.07) is 0. The standard InChI is InChI=1S/C10H19Cl/c1-3-10(11)7-8(2)9-5-4-6-9/h8-10H,3-7H2,1-2H3. The van der Waals surface area contributed by atoms with Crippen LogP contribution in [0.2, 0.25) is 0 Å². The van der Waals surface area contributed by atoms with Crippen molar-refractivity contribution >= 4 is 11.6 Å². The third-order valence-electron chi connectivity index (χ3n) is 3.03. The SMILES string of the molecule is CCC(Cl)CC(C)C1CCC1. The number of alkyl halides is 1. The molecule has 1 aliphatic rings. The molecule has 0 aliphatic heterocycles. The molecule has 0 bridgehead atoms. The molecule has 1 heteroatoms. The second kappa shape index (κ2) is 4.35. The number of hydrogen-bond donors (Lipinski definition) is 0. The topological polar surface area (TPSA) is 0 Å². The summed E-state index contributed by atoms with van der Waals surface area (Å²) >= 11 is 6.09. The summed E-state index contributed by atoms with van der Waals surface area (Å²) < 4.78 is 0. The van der Waals surface area contributed by atoms with Crippen LogP contribution in [-0.4, -0.2) is 5.38 Å². The Kier molecular flexibility index (Phi) is 3.71. The van der Waals surface area contributed by atoms with Crippen molar-refractivity contribution in [1.82, 2.24) is 0 Å². The second-order valence-corrected chi connectivity index (χ2v) is 4.53. The van der Waals surface area contributed by atoms with Crippen LogP contribution in [0.4, 0.5) is 0 Å². The van der Waals surface area contributed by atoms with Crippen molar-refractivity contribution in [3.05, 3.63) is 0 Å². The monoisotopic (exact) mass is 174 g/mol. The van der Waals surface area contributed by atoms with Crippen LogP contribution in [0.25, 0.3) is 0 Å². The predicted molar refractivity (Wildman–Crippen MR) is 51.1 cm³/mol. The Balaban J connectivity index is 2.13. The fourth-order valence-corrected chi connectivity index (χ4v) is 2.05. The normalized spacial score (nSPS) is 24.3. The molecule has 0 heterocycles. The first-order valence-corrected chi connectivity index (χ1v) is 5.31. The zero-order valence-electron chi connectivity index (χ0n) is 7.65. The van der Waals surface area contributed by atoms with Gasteiger partial charge in [-0.25, -0.2) is 0 Å². The maximum absolute atomic E-state index is 6.09. The van der Waals surface area contributed by atoms with E-state index in [0.717, 1.165) is 18.3 Å². The number of rotatable bonds is 4.